The molecule has 0 saturated carbocycles. The number of hydrogen-bond acceptors (Lipinski definition) is 6. The maximum atomic E-state index is 11.2. The van der Waals surface area contributed by atoms with Crippen LogP contribution in [0.25, 0.3) is 0 Å². The van der Waals surface area contributed by atoms with Crippen LogP contribution in [0.4, 0.5) is 0 Å². The third kappa shape index (κ3) is 4.79. The predicted molar refractivity (Wildman–Crippen MR) is 76.3 cm³/mol. The number of aliphatic hydroxyl groups excluding tert-OH is 2. The number of aliphatic hydroxyl groups is 2. The predicted octanol–water partition coefficient (Wildman–Crippen LogP) is -2.39. The monoisotopic (exact) mass is 349 g/mol. The number of nitrogens with two attached hydrogens (primary N) is 1. The van der Waals surface area contributed by atoms with E-state index in [-0.39, 0.29) is 6.54 Å². The van der Waals surface area contributed by atoms with E-state index in [0.717, 1.165) is 0 Å². The summed E-state index contributed by atoms with van der Waals surface area (Å²) in [6.45, 7) is -0.396. The van der Waals surface area contributed by atoms with Gasteiger partial charge in [0.05, 0.1) is 12.2 Å². The molecule has 0 radical (unpaired) electrons. The number of allylic oxidation sites excluding steroid dienone is 2. The number of amides is 1. The van der Waals surface area contributed by atoms with Gasteiger partial charge in [0, 0.05) is 6.08 Å². The van der Waals surface area contributed by atoms with Gasteiger partial charge in [0.1, 0.15) is 18.3 Å². The molecular formula is C12H18N2O8P+. The average molecular weight is 349 g/mol. The molecule has 2 aliphatic heterocycles. The number of ether oxygens (including phenoxy) is 1. The fourth-order valence-electron chi connectivity index (χ4n) is 2.23. The van der Waals surface area contributed by atoms with Crippen LogP contribution < -0.4 is 5.73 Å². The van der Waals surface area contributed by atoms with Gasteiger partial charge < -0.3 is 30.5 Å². The normalized spacial score (nSPS) is 33.0. The Bertz CT molecular complexity index is 610. The zero-order valence-corrected chi connectivity index (χ0v) is 12.8. The lowest BCUT2D eigenvalue weighted by molar-refractivity contribution is -0.446. The molecule has 2 heterocycles. The lowest BCUT2D eigenvalue weighted by Gasteiger charge is -2.14. The molecule has 1 saturated heterocycles. The topological polar surface area (TPSA) is 163 Å². The first kappa shape index (κ1) is 18.0. The number of hydrogen-bond donors (Lipinski definition) is 5. The van der Waals surface area contributed by atoms with Crippen LogP contribution in [0.1, 0.15) is 0 Å². The SMILES string of the molecule is NC(=O)C1=CC=C[N+](=CC2O[C@H](COP(=O)(O)O)[C@@H](O)[C@H]2O)C1. The largest absolute Gasteiger partial charge is 0.469 e. The van der Waals surface area contributed by atoms with Crippen molar-refractivity contribution in [2.75, 3.05) is 13.2 Å². The van der Waals surface area contributed by atoms with Gasteiger partial charge in [0.2, 0.25) is 0 Å². The van der Waals surface area contributed by atoms with Crippen LogP contribution in [0.15, 0.2) is 23.9 Å². The number of phosphoric ester groups is 1. The number of rotatable bonds is 5. The van der Waals surface area contributed by atoms with Crippen molar-refractivity contribution in [1.29, 1.82) is 0 Å². The Kier molecular flexibility index (Phi) is 5.48. The van der Waals surface area contributed by atoms with Crippen LogP contribution in [0.3, 0.4) is 0 Å². The molecule has 6 N–H and O–H groups in total. The first-order valence-electron chi connectivity index (χ1n) is 6.67. The molecule has 1 unspecified atom stereocenters. The molecule has 0 aromatic heterocycles. The van der Waals surface area contributed by atoms with E-state index >= 15 is 0 Å². The maximum absolute atomic E-state index is 11.2. The van der Waals surface area contributed by atoms with Crippen molar-refractivity contribution in [2.45, 2.75) is 24.4 Å². The lowest BCUT2D eigenvalue weighted by Crippen LogP contribution is -2.36. The fraction of sp³-hybridized carbons (Fsp3) is 0.500. The molecule has 0 bridgehead atoms. The zero-order valence-electron chi connectivity index (χ0n) is 11.9. The summed E-state index contributed by atoms with van der Waals surface area (Å²) in [5, 5.41) is 19.8. The van der Waals surface area contributed by atoms with Crippen LogP contribution in [-0.4, -0.2) is 74.3 Å². The van der Waals surface area contributed by atoms with Crippen LogP contribution in [-0.2, 0) is 18.6 Å². The molecule has 2 rings (SSSR count). The number of carbonyl (C=O) groups is 1. The number of nitrogens with zero attached hydrogens (tertiary/aromatic N) is 1. The average Bonchev–Trinajstić information content (AvgIpc) is 2.73. The standard InChI is InChI=1S/C12H17N2O8P/c13-12(17)7-2-1-3-14(4-7)5-8-10(15)11(16)9(22-8)6-21-23(18,19)20/h1-3,5,8-11,15-16H,4,6H2,(H3-,13,17,18,19,20)/p+1/t8?,9-,10+,11-/m1/s1. The highest BCUT2D eigenvalue weighted by Gasteiger charge is 2.44. The summed E-state index contributed by atoms with van der Waals surface area (Å²) in [7, 11) is -4.70. The van der Waals surface area contributed by atoms with Crippen molar-refractivity contribution in [3.8, 4) is 0 Å². The van der Waals surface area contributed by atoms with E-state index in [9.17, 15) is 19.6 Å². The van der Waals surface area contributed by atoms with E-state index in [2.05, 4.69) is 4.52 Å². The second-order valence-electron chi connectivity index (χ2n) is 5.13. The molecule has 4 atom stereocenters. The van der Waals surface area contributed by atoms with Crippen LogP contribution >= 0.6 is 7.82 Å². The Morgan fingerprint density at radius 3 is 2.78 bits per heavy atom. The Balaban J connectivity index is 2.03. The molecule has 2 aliphatic rings. The molecular weight excluding hydrogens is 331 g/mol. The van der Waals surface area contributed by atoms with Crippen molar-refractivity contribution < 1.29 is 43.2 Å². The maximum Gasteiger partial charge on any atom is 0.469 e. The Hall–Kier alpha value is -1.39. The molecule has 1 fully saturated rings. The van der Waals surface area contributed by atoms with Gasteiger partial charge in [0.15, 0.2) is 25.1 Å². The summed E-state index contributed by atoms with van der Waals surface area (Å²) in [5.74, 6) is -0.575. The molecule has 23 heavy (non-hydrogen) atoms. The molecule has 128 valence electrons. The second-order valence-corrected chi connectivity index (χ2v) is 6.37. The van der Waals surface area contributed by atoms with E-state index in [0.29, 0.717) is 5.57 Å². The Morgan fingerprint density at radius 1 is 1.48 bits per heavy atom. The van der Waals surface area contributed by atoms with Gasteiger partial charge in [-0.2, -0.15) is 0 Å². The van der Waals surface area contributed by atoms with Gasteiger partial charge in [-0.05, 0) is 6.08 Å². The third-order valence-electron chi connectivity index (χ3n) is 3.39. The van der Waals surface area contributed by atoms with Gasteiger partial charge in [-0.25, -0.2) is 9.14 Å². The van der Waals surface area contributed by atoms with Crippen molar-refractivity contribution in [2.24, 2.45) is 5.73 Å². The minimum atomic E-state index is -4.70. The quantitative estimate of drug-likeness (QED) is 0.271. The summed E-state index contributed by atoms with van der Waals surface area (Å²) >= 11 is 0. The second kappa shape index (κ2) is 7.02. The van der Waals surface area contributed by atoms with E-state index < -0.39 is 44.8 Å². The first-order valence-corrected chi connectivity index (χ1v) is 8.20. The summed E-state index contributed by atoms with van der Waals surface area (Å²) in [6.07, 6.45) is 1.49. The van der Waals surface area contributed by atoms with Gasteiger partial charge in [0.25, 0.3) is 5.91 Å². The van der Waals surface area contributed by atoms with Crippen LogP contribution in [0, 0.1) is 0 Å². The summed E-state index contributed by atoms with van der Waals surface area (Å²) in [4.78, 5) is 28.5. The smallest absolute Gasteiger partial charge is 0.387 e. The molecule has 11 heteroatoms. The lowest BCUT2D eigenvalue weighted by atomic mass is 10.1. The molecule has 0 aromatic carbocycles. The van der Waals surface area contributed by atoms with E-state index in [4.69, 9.17) is 20.3 Å². The summed E-state index contributed by atoms with van der Waals surface area (Å²) < 4.78 is 21.8. The third-order valence-corrected chi connectivity index (χ3v) is 3.87. The zero-order chi connectivity index (χ0) is 17.2. The number of carbonyl (C=O) groups excluding carboxylic acids is 1. The van der Waals surface area contributed by atoms with Crippen molar-refractivity contribution in [3.63, 3.8) is 0 Å². The molecule has 0 aromatic rings. The fourth-order valence-corrected chi connectivity index (χ4v) is 2.57. The molecule has 1 amide bonds. The minimum absolute atomic E-state index is 0.179. The number of phosphoric acid groups is 1. The molecule has 10 nitrogen and oxygen atoms in total. The van der Waals surface area contributed by atoms with Gasteiger partial charge in [-0.15, -0.1) is 0 Å². The minimum Gasteiger partial charge on any atom is -0.387 e. The van der Waals surface area contributed by atoms with Crippen molar-refractivity contribution in [3.05, 3.63) is 23.9 Å². The van der Waals surface area contributed by atoms with E-state index in [1.165, 1.54) is 6.21 Å². The van der Waals surface area contributed by atoms with E-state index in [1.807, 2.05) is 0 Å². The van der Waals surface area contributed by atoms with Gasteiger partial charge in [-0.1, -0.05) is 0 Å². The molecule has 0 aliphatic carbocycles. The number of primary amides is 1. The van der Waals surface area contributed by atoms with Crippen LogP contribution in [0.2, 0.25) is 0 Å². The highest BCUT2D eigenvalue weighted by atomic mass is 31.2. The first-order chi connectivity index (χ1) is 10.7. The highest BCUT2D eigenvalue weighted by Crippen LogP contribution is 2.37. The van der Waals surface area contributed by atoms with Gasteiger partial charge >= 0.3 is 7.82 Å². The van der Waals surface area contributed by atoms with Gasteiger partial charge in [-0.3, -0.25) is 9.32 Å². The summed E-state index contributed by atoms with van der Waals surface area (Å²) in [5.41, 5.74) is 5.56. The Morgan fingerprint density at radius 2 is 2.17 bits per heavy atom. The summed E-state index contributed by atoms with van der Waals surface area (Å²) in [6, 6.07) is 0. The van der Waals surface area contributed by atoms with Crippen molar-refractivity contribution >= 4 is 19.9 Å². The molecule has 0 spiro atoms. The Labute approximate surface area is 131 Å². The highest BCUT2D eigenvalue weighted by molar-refractivity contribution is 7.46. The van der Waals surface area contributed by atoms with Crippen molar-refractivity contribution in [1.82, 2.24) is 0 Å². The van der Waals surface area contributed by atoms with Crippen LogP contribution in [0.5, 0.6) is 0 Å². The van der Waals surface area contributed by atoms with E-state index in [1.54, 1.807) is 22.9 Å².